The number of nitrogens with zero attached hydrogens (tertiary/aromatic N) is 1. The van der Waals surface area contributed by atoms with Crippen molar-refractivity contribution in [3.8, 4) is 0 Å². The van der Waals surface area contributed by atoms with E-state index >= 15 is 0 Å². The van der Waals surface area contributed by atoms with Gasteiger partial charge in [-0.3, -0.25) is 9.59 Å². The van der Waals surface area contributed by atoms with Gasteiger partial charge in [-0.1, -0.05) is 19.8 Å². The zero-order valence-electron chi connectivity index (χ0n) is 11.8. The van der Waals surface area contributed by atoms with Gasteiger partial charge in [0.1, 0.15) is 6.04 Å². The molecule has 0 radical (unpaired) electrons. The molecule has 104 valence electrons. The summed E-state index contributed by atoms with van der Waals surface area (Å²) in [6.45, 7) is 3.80. The van der Waals surface area contributed by atoms with Crippen molar-refractivity contribution in [1.82, 2.24) is 10.2 Å². The topological polar surface area (TPSA) is 75.4 Å². The van der Waals surface area contributed by atoms with Crippen molar-refractivity contribution >= 4 is 11.8 Å². The van der Waals surface area contributed by atoms with Crippen LogP contribution in [0.2, 0.25) is 0 Å². The van der Waals surface area contributed by atoms with Crippen LogP contribution in [-0.4, -0.2) is 42.4 Å². The Bertz CT molecular complexity index is 330. The van der Waals surface area contributed by atoms with Gasteiger partial charge in [0.05, 0.1) is 5.54 Å². The maximum absolute atomic E-state index is 12.2. The SMILES string of the molecule is CC1CCCC(N)(C(=O)NC(C)C(=O)N(C)C)C1. The van der Waals surface area contributed by atoms with Crippen LogP contribution in [0.4, 0.5) is 0 Å². The molecular weight excluding hydrogens is 230 g/mol. The van der Waals surface area contributed by atoms with Gasteiger partial charge in [0.15, 0.2) is 0 Å². The van der Waals surface area contributed by atoms with Crippen LogP contribution in [0.15, 0.2) is 0 Å². The van der Waals surface area contributed by atoms with Gasteiger partial charge in [-0.25, -0.2) is 0 Å². The minimum atomic E-state index is -0.807. The summed E-state index contributed by atoms with van der Waals surface area (Å²) in [6.07, 6.45) is 3.49. The van der Waals surface area contributed by atoms with E-state index in [0.29, 0.717) is 18.8 Å². The van der Waals surface area contributed by atoms with Crippen LogP contribution >= 0.6 is 0 Å². The molecule has 3 N–H and O–H groups in total. The van der Waals surface area contributed by atoms with Crippen LogP contribution in [0.5, 0.6) is 0 Å². The Morgan fingerprint density at radius 3 is 2.56 bits per heavy atom. The van der Waals surface area contributed by atoms with Crippen molar-refractivity contribution in [2.75, 3.05) is 14.1 Å². The Morgan fingerprint density at radius 2 is 2.06 bits per heavy atom. The van der Waals surface area contributed by atoms with Gasteiger partial charge in [-0.15, -0.1) is 0 Å². The van der Waals surface area contributed by atoms with E-state index in [1.807, 2.05) is 0 Å². The lowest BCUT2D eigenvalue weighted by atomic mass is 9.76. The van der Waals surface area contributed by atoms with Gasteiger partial charge < -0.3 is 16.0 Å². The third kappa shape index (κ3) is 3.45. The van der Waals surface area contributed by atoms with Crippen molar-refractivity contribution < 1.29 is 9.59 Å². The van der Waals surface area contributed by atoms with Crippen LogP contribution in [-0.2, 0) is 9.59 Å². The van der Waals surface area contributed by atoms with Crippen LogP contribution < -0.4 is 11.1 Å². The van der Waals surface area contributed by atoms with Gasteiger partial charge in [-0.2, -0.15) is 0 Å². The summed E-state index contributed by atoms with van der Waals surface area (Å²) in [7, 11) is 3.35. The molecule has 0 aromatic heterocycles. The largest absolute Gasteiger partial charge is 0.347 e. The molecule has 3 atom stereocenters. The molecule has 1 saturated carbocycles. The standard InChI is InChI=1S/C13H25N3O2/c1-9-6-5-7-13(14,8-9)12(18)15-10(2)11(17)16(3)4/h9-10H,5-8,14H2,1-4H3,(H,15,18). The van der Waals surface area contributed by atoms with E-state index in [1.165, 1.54) is 4.90 Å². The predicted molar refractivity (Wildman–Crippen MR) is 70.8 cm³/mol. The first kappa shape index (κ1) is 15.0. The third-order valence-electron chi connectivity index (χ3n) is 3.64. The quantitative estimate of drug-likeness (QED) is 0.770. The van der Waals surface area contributed by atoms with Gasteiger partial charge in [0.2, 0.25) is 11.8 Å². The van der Waals surface area contributed by atoms with Crippen LogP contribution in [0.3, 0.4) is 0 Å². The summed E-state index contributed by atoms with van der Waals surface area (Å²) in [5.74, 6) is 0.155. The summed E-state index contributed by atoms with van der Waals surface area (Å²) in [4.78, 5) is 25.4. The number of carbonyl (C=O) groups is 2. The Labute approximate surface area is 109 Å². The molecule has 0 aliphatic heterocycles. The van der Waals surface area contributed by atoms with E-state index in [0.717, 1.165) is 12.8 Å². The van der Waals surface area contributed by atoms with E-state index in [9.17, 15) is 9.59 Å². The lowest BCUT2D eigenvalue weighted by Gasteiger charge is -2.36. The van der Waals surface area contributed by atoms with E-state index in [-0.39, 0.29) is 11.8 Å². The summed E-state index contributed by atoms with van der Waals surface area (Å²) in [6, 6.07) is -0.523. The minimum Gasteiger partial charge on any atom is -0.347 e. The fourth-order valence-corrected chi connectivity index (χ4v) is 2.59. The van der Waals surface area contributed by atoms with Crippen molar-refractivity contribution in [2.45, 2.75) is 51.1 Å². The molecule has 2 amide bonds. The number of hydrogen-bond acceptors (Lipinski definition) is 3. The molecule has 5 heteroatoms. The minimum absolute atomic E-state index is 0.115. The number of carbonyl (C=O) groups excluding carboxylic acids is 2. The number of nitrogens with one attached hydrogen (secondary N) is 1. The predicted octanol–water partition coefficient (Wildman–Crippen LogP) is 0.487. The van der Waals surface area contributed by atoms with E-state index in [2.05, 4.69) is 12.2 Å². The number of rotatable bonds is 3. The van der Waals surface area contributed by atoms with Crippen LogP contribution in [0.25, 0.3) is 0 Å². The lowest BCUT2D eigenvalue weighted by Crippen LogP contribution is -2.59. The molecule has 1 aliphatic rings. The molecular formula is C13H25N3O2. The second-order valence-electron chi connectivity index (χ2n) is 5.79. The monoisotopic (exact) mass is 255 g/mol. The van der Waals surface area contributed by atoms with Crippen LogP contribution in [0, 0.1) is 5.92 Å². The fourth-order valence-electron chi connectivity index (χ4n) is 2.59. The second-order valence-corrected chi connectivity index (χ2v) is 5.79. The van der Waals surface area contributed by atoms with Gasteiger partial charge in [-0.05, 0) is 25.7 Å². The molecule has 1 fully saturated rings. The third-order valence-corrected chi connectivity index (χ3v) is 3.64. The summed E-state index contributed by atoms with van der Waals surface area (Å²) < 4.78 is 0. The maximum atomic E-state index is 12.2. The molecule has 3 unspecified atom stereocenters. The first-order chi connectivity index (χ1) is 8.26. The molecule has 0 aromatic carbocycles. The highest BCUT2D eigenvalue weighted by molar-refractivity contribution is 5.91. The molecule has 5 nitrogen and oxygen atoms in total. The van der Waals surface area contributed by atoms with E-state index in [1.54, 1.807) is 21.0 Å². The Kier molecular flexibility index (Phi) is 4.73. The average molecular weight is 255 g/mol. The number of likely N-dealkylation sites (N-methyl/N-ethyl adjacent to an activating group) is 1. The number of amides is 2. The Morgan fingerprint density at radius 1 is 1.44 bits per heavy atom. The smallest absolute Gasteiger partial charge is 0.244 e. The van der Waals surface area contributed by atoms with Crippen molar-refractivity contribution in [3.63, 3.8) is 0 Å². The van der Waals surface area contributed by atoms with Crippen molar-refractivity contribution in [3.05, 3.63) is 0 Å². The first-order valence-corrected chi connectivity index (χ1v) is 6.57. The van der Waals surface area contributed by atoms with E-state index in [4.69, 9.17) is 5.73 Å². The summed E-state index contributed by atoms with van der Waals surface area (Å²) in [5.41, 5.74) is 5.37. The summed E-state index contributed by atoms with van der Waals surface area (Å²) >= 11 is 0. The molecule has 0 aromatic rings. The molecule has 18 heavy (non-hydrogen) atoms. The average Bonchev–Trinajstić information content (AvgIpc) is 2.27. The highest BCUT2D eigenvalue weighted by Crippen LogP contribution is 2.30. The highest BCUT2D eigenvalue weighted by atomic mass is 16.2. The lowest BCUT2D eigenvalue weighted by molar-refractivity contribution is -0.136. The summed E-state index contributed by atoms with van der Waals surface area (Å²) in [5, 5.41) is 2.74. The first-order valence-electron chi connectivity index (χ1n) is 6.57. The van der Waals surface area contributed by atoms with Crippen LogP contribution in [0.1, 0.15) is 39.5 Å². The normalized spacial score (nSPS) is 29.5. The Balaban J connectivity index is 2.61. The zero-order chi connectivity index (χ0) is 13.9. The fraction of sp³-hybridized carbons (Fsp3) is 0.846. The number of nitrogens with two attached hydrogens (primary N) is 1. The van der Waals surface area contributed by atoms with Gasteiger partial charge >= 0.3 is 0 Å². The molecule has 0 bridgehead atoms. The molecule has 0 heterocycles. The zero-order valence-corrected chi connectivity index (χ0v) is 11.8. The van der Waals surface area contributed by atoms with Gasteiger partial charge in [0, 0.05) is 14.1 Å². The van der Waals surface area contributed by atoms with Crippen molar-refractivity contribution in [1.29, 1.82) is 0 Å². The van der Waals surface area contributed by atoms with Crippen molar-refractivity contribution in [2.24, 2.45) is 11.7 Å². The maximum Gasteiger partial charge on any atom is 0.244 e. The second kappa shape index (κ2) is 5.69. The van der Waals surface area contributed by atoms with E-state index < -0.39 is 11.6 Å². The molecule has 1 rings (SSSR count). The molecule has 0 saturated heterocycles. The molecule has 1 aliphatic carbocycles. The number of hydrogen-bond donors (Lipinski definition) is 2. The molecule has 0 spiro atoms. The Hall–Kier alpha value is -1.10. The highest BCUT2D eigenvalue weighted by Gasteiger charge is 2.38. The van der Waals surface area contributed by atoms with Gasteiger partial charge in [0.25, 0.3) is 0 Å².